The number of aliphatic hydroxyl groups excluding tert-OH is 2. The number of rotatable bonds is 3. The van der Waals surface area contributed by atoms with E-state index < -0.39 is 29.2 Å². The highest BCUT2D eigenvalue weighted by Gasteiger charge is 2.51. The average Bonchev–Trinajstić information content (AvgIpc) is 3.13. The molecule has 5 atom stereocenters. The van der Waals surface area contributed by atoms with E-state index in [1.165, 1.54) is 6.07 Å². The standard InChI is InChI=1S/C14H16F3NO3S/c15-14(16,17)10-2-1-9(22-10)13(21)18-5-7-3-6-4-8(7)12(20)11(6)19/h1-2,6-8,11-12,19-20H,3-5H2,(H,18,21)/t6-,7-,8-,11+,12-/m1/s1. The fourth-order valence-corrected chi connectivity index (χ4v) is 4.38. The maximum Gasteiger partial charge on any atom is 0.425 e. The lowest BCUT2D eigenvalue weighted by molar-refractivity contribution is -0.134. The molecule has 8 heteroatoms. The molecule has 22 heavy (non-hydrogen) atoms. The number of carbonyl (C=O) groups is 1. The third-order valence-electron chi connectivity index (χ3n) is 4.69. The van der Waals surface area contributed by atoms with Crippen molar-refractivity contribution in [3.05, 3.63) is 21.9 Å². The number of hydrogen-bond acceptors (Lipinski definition) is 4. The summed E-state index contributed by atoms with van der Waals surface area (Å²) in [4.78, 5) is 11.1. The van der Waals surface area contributed by atoms with Crippen LogP contribution < -0.4 is 5.32 Å². The van der Waals surface area contributed by atoms with Gasteiger partial charge in [-0.15, -0.1) is 11.3 Å². The molecule has 0 aliphatic heterocycles. The zero-order valence-electron chi connectivity index (χ0n) is 11.5. The second-order valence-corrected chi connectivity index (χ2v) is 7.09. The number of alkyl halides is 3. The Kier molecular flexibility index (Phi) is 3.94. The Morgan fingerprint density at radius 2 is 2.00 bits per heavy atom. The highest BCUT2D eigenvalue weighted by Crippen LogP contribution is 2.48. The lowest BCUT2D eigenvalue weighted by Crippen LogP contribution is -2.41. The summed E-state index contributed by atoms with van der Waals surface area (Å²) in [6.07, 6.45) is -4.43. The molecule has 1 heterocycles. The molecule has 0 unspecified atom stereocenters. The van der Waals surface area contributed by atoms with Gasteiger partial charge in [-0.25, -0.2) is 0 Å². The van der Waals surface area contributed by atoms with E-state index >= 15 is 0 Å². The normalized spacial score (nSPS) is 34.1. The van der Waals surface area contributed by atoms with Crippen LogP contribution in [0.15, 0.2) is 12.1 Å². The smallest absolute Gasteiger partial charge is 0.390 e. The molecule has 0 saturated heterocycles. The van der Waals surface area contributed by atoms with E-state index in [0.29, 0.717) is 17.9 Å². The molecule has 1 amide bonds. The van der Waals surface area contributed by atoms with Crippen LogP contribution in [0.5, 0.6) is 0 Å². The Balaban J connectivity index is 1.56. The lowest BCUT2D eigenvalue weighted by Gasteiger charge is -2.29. The number of aliphatic hydroxyl groups is 2. The molecule has 4 nitrogen and oxygen atoms in total. The Bertz CT molecular complexity index is 572. The second-order valence-electron chi connectivity index (χ2n) is 6.01. The van der Waals surface area contributed by atoms with Gasteiger partial charge in [-0.3, -0.25) is 4.79 Å². The van der Waals surface area contributed by atoms with Crippen LogP contribution in [0.1, 0.15) is 27.4 Å². The molecule has 1 aromatic rings. The van der Waals surface area contributed by atoms with Gasteiger partial charge < -0.3 is 15.5 Å². The Hall–Kier alpha value is -1.12. The first-order chi connectivity index (χ1) is 10.3. The molecule has 3 rings (SSSR count). The van der Waals surface area contributed by atoms with Gasteiger partial charge in [0.1, 0.15) is 4.88 Å². The Morgan fingerprint density at radius 3 is 2.55 bits per heavy atom. The van der Waals surface area contributed by atoms with E-state index in [0.717, 1.165) is 18.9 Å². The fraction of sp³-hybridized carbons (Fsp3) is 0.643. The number of amides is 1. The highest BCUT2D eigenvalue weighted by molar-refractivity contribution is 7.14. The van der Waals surface area contributed by atoms with Gasteiger partial charge in [-0.1, -0.05) is 0 Å². The molecule has 1 aromatic heterocycles. The van der Waals surface area contributed by atoms with Gasteiger partial charge in [0.05, 0.1) is 17.1 Å². The average molecular weight is 335 g/mol. The molecular weight excluding hydrogens is 319 g/mol. The van der Waals surface area contributed by atoms with Crippen LogP contribution in [0, 0.1) is 17.8 Å². The van der Waals surface area contributed by atoms with Crippen LogP contribution in [0.25, 0.3) is 0 Å². The molecule has 0 radical (unpaired) electrons. The van der Waals surface area contributed by atoms with Crippen molar-refractivity contribution in [2.75, 3.05) is 6.54 Å². The highest BCUT2D eigenvalue weighted by atomic mass is 32.1. The van der Waals surface area contributed by atoms with E-state index in [1.54, 1.807) is 0 Å². The fourth-order valence-electron chi connectivity index (χ4n) is 3.59. The van der Waals surface area contributed by atoms with Crippen LogP contribution in [0.2, 0.25) is 0 Å². The minimum Gasteiger partial charge on any atom is -0.390 e. The molecule has 2 aliphatic carbocycles. The summed E-state index contributed by atoms with van der Waals surface area (Å²) in [5.74, 6) is -0.456. The van der Waals surface area contributed by atoms with Gasteiger partial charge in [0, 0.05) is 6.54 Å². The summed E-state index contributed by atoms with van der Waals surface area (Å²) < 4.78 is 37.5. The van der Waals surface area contributed by atoms with Gasteiger partial charge in [0.25, 0.3) is 5.91 Å². The predicted octanol–water partition coefficient (Wildman–Crippen LogP) is 1.87. The van der Waals surface area contributed by atoms with Crippen LogP contribution in [-0.2, 0) is 6.18 Å². The molecule has 2 bridgehead atoms. The Labute approximate surface area is 129 Å². The summed E-state index contributed by atoms with van der Waals surface area (Å²) in [7, 11) is 0. The molecule has 0 spiro atoms. The summed E-state index contributed by atoms with van der Waals surface area (Å²) in [6, 6.07) is 2.07. The number of thiophene rings is 1. The van der Waals surface area contributed by atoms with Crippen molar-refractivity contribution in [1.82, 2.24) is 5.32 Å². The lowest BCUT2D eigenvalue weighted by atomic mass is 9.85. The van der Waals surface area contributed by atoms with Crippen molar-refractivity contribution in [3.63, 3.8) is 0 Å². The minimum absolute atomic E-state index is 0.0241. The quantitative estimate of drug-likeness (QED) is 0.790. The number of fused-ring (bicyclic) bond motifs is 2. The van der Waals surface area contributed by atoms with E-state index in [-0.39, 0.29) is 22.6 Å². The zero-order valence-corrected chi connectivity index (χ0v) is 12.3. The van der Waals surface area contributed by atoms with Crippen molar-refractivity contribution >= 4 is 17.2 Å². The summed E-state index contributed by atoms with van der Waals surface area (Å²) in [5.41, 5.74) is 0. The number of carbonyl (C=O) groups excluding carboxylic acids is 1. The first kappa shape index (κ1) is 15.8. The van der Waals surface area contributed by atoms with Gasteiger partial charge in [-0.05, 0) is 42.7 Å². The monoisotopic (exact) mass is 335 g/mol. The van der Waals surface area contributed by atoms with Gasteiger partial charge in [-0.2, -0.15) is 13.2 Å². The van der Waals surface area contributed by atoms with Crippen molar-refractivity contribution in [2.24, 2.45) is 17.8 Å². The first-order valence-corrected chi connectivity index (χ1v) is 7.90. The van der Waals surface area contributed by atoms with Crippen LogP contribution in [0.3, 0.4) is 0 Å². The van der Waals surface area contributed by atoms with E-state index in [9.17, 15) is 28.2 Å². The molecular formula is C14H16F3NO3S. The molecule has 0 aromatic carbocycles. The molecule has 2 fully saturated rings. The maximum atomic E-state index is 12.5. The minimum atomic E-state index is -4.44. The second kappa shape index (κ2) is 5.50. The van der Waals surface area contributed by atoms with Gasteiger partial charge >= 0.3 is 6.18 Å². The largest absolute Gasteiger partial charge is 0.425 e. The summed E-state index contributed by atoms with van der Waals surface area (Å²) >= 11 is 0.420. The SMILES string of the molecule is O=C(NC[C@H]1C[C@@H]2C[C@H]1[C@@H](O)[C@H]2O)c1ccc(C(F)(F)F)s1. The van der Waals surface area contributed by atoms with Crippen LogP contribution in [-0.4, -0.2) is 34.9 Å². The van der Waals surface area contributed by atoms with Crippen molar-refractivity contribution in [1.29, 1.82) is 0 Å². The third-order valence-corrected chi connectivity index (χ3v) is 5.82. The summed E-state index contributed by atoms with van der Waals surface area (Å²) in [6.45, 7) is 0.309. The molecule has 122 valence electrons. The summed E-state index contributed by atoms with van der Waals surface area (Å²) in [5, 5.41) is 22.2. The van der Waals surface area contributed by atoms with Crippen LogP contribution >= 0.6 is 11.3 Å². The third kappa shape index (κ3) is 2.75. The topological polar surface area (TPSA) is 69.6 Å². The first-order valence-electron chi connectivity index (χ1n) is 7.08. The van der Waals surface area contributed by atoms with E-state index in [4.69, 9.17) is 0 Å². The van der Waals surface area contributed by atoms with Crippen molar-refractivity contribution in [3.8, 4) is 0 Å². The van der Waals surface area contributed by atoms with Gasteiger partial charge in [0.2, 0.25) is 0 Å². The molecule has 3 N–H and O–H groups in total. The van der Waals surface area contributed by atoms with Crippen LogP contribution in [0.4, 0.5) is 13.2 Å². The van der Waals surface area contributed by atoms with E-state index in [1.807, 2.05) is 0 Å². The van der Waals surface area contributed by atoms with Crippen molar-refractivity contribution < 1.29 is 28.2 Å². The van der Waals surface area contributed by atoms with Crippen molar-refractivity contribution in [2.45, 2.75) is 31.2 Å². The molecule has 2 aliphatic rings. The van der Waals surface area contributed by atoms with E-state index in [2.05, 4.69) is 5.32 Å². The molecule has 2 saturated carbocycles. The maximum absolute atomic E-state index is 12.5. The van der Waals surface area contributed by atoms with Gasteiger partial charge in [0.15, 0.2) is 0 Å². The predicted molar refractivity (Wildman–Crippen MR) is 73.4 cm³/mol. The zero-order chi connectivity index (χ0) is 16.1. The number of nitrogens with one attached hydrogen (secondary N) is 1. The number of halogens is 3. The number of hydrogen-bond donors (Lipinski definition) is 3. The Morgan fingerprint density at radius 1 is 1.27 bits per heavy atom.